The van der Waals surface area contributed by atoms with Crippen molar-refractivity contribution >= 4 is 60.8 Å². The Morgan fingerprint density at radius 2 is 0.794 bits per heavy atom. The third-order valence-corrected chi connectivity index (χ3v) is 12.4. The van der Waals surface area contributed by atoms with E-state index in [-0.39, 0.29) is 0 Å². The van der Waals surface area contributed by atoms with Gasteiger partial charge >= 0.3 is 0 Å². The summed E-state index contributed by atoms with van der Waals surface area (Å²) in [5.41, 5.74) is 17.8. The first-order valence-electron chi connectivity index (χ1n) is 21.5. The highest BCUT2D eigenvalue weighted by atomic mass is 16.3. The Morgan fingerprint density at radius 1 is 0.317 bits per heavy atom. The summed E-state index contributed by atoms with van der Waals surface area (Å²) in [5.74, 6) is 0. The molecule has 63 heavy (non-hydrogen) atoms. The normalized spacial score (nSPS) is 11.5. The summed E-state index contributed by atoms with van der Waals surface area (Å²) in [7, 11) is 0. The molecule has 0 aliphatic rings. The minimum atomic E-state index is 0.896. The molecule has 0 aliphatic carbocycles. The van der Waals surface area contributed by atoms with Gasteiger partial charge in [-0.3, -0.25) is 0 Å². The van der Waals surface area contributed by atoms with Crippen LogP contribution in [0.15, 0.2) is 247 Å². The second-order valence-corrected chi connectivity index (χ2v) is 16.1. The molecule has 0 unspecified atom stereocenters. The van der Waals surface area contributed by atoms with Crippen LogP contribution in [0.3, 0.4) is 0 Å². The first-order chi connectivity index (χ1) is 31.2. The average Bonchev–Trinajstić information content (AvgIpc) is 3.91. The molecular formula is C60H40N2O. The number of fused-ring (bicyclic) bond motifs is 6. The fraction of sp³-hybridized carbons (Fsp3) is 0. The highest BCUT2D eigenvalue weighted by molar-refractivity contribution is 6.12. The molecule has 2 heterocycles. The van der Waals surface area contributed by atoms with Crippen molar-refractivity contribution in [3.63, 3.8) is 0 Å². The minimum Gasteiger partial charge on any atom is -0.456 e. The Balaban J connectivity index is 0.995. The molecule has 0 fully saturated rings. The average molecular weight is 805 g/mol. The monoisotopic (exact) mass is 804 g/mol. The summed E-state index contributed by atoms with van der Waals surface area (Å²) in [5, 5.41) is 4.77. The zero-order valence-corrected chi connectivity index (χ0v) is 34.4. The molecule has 0 amide bonds. The van der Waals surface area contributed by atoms with Crippen LogP contribution in [-0.4, -0.2) is 4.57 Å². The van der Waals surface area contributed by atoms with E-state index in [0.29, 0.717) is 0 Å². The Bertz CT molecular complexity index is 3550. The maximum absolute atomic E-state index is 6.27. The molecule has 12 rings (SSSR count). The van der Waals surface area contributed by atoms with E-state index in [2.05, 4.69) is 240 Å². The number of hydrogen-bond acceptors (Lipinski definition) is 2. The number of rotatable bonds is 8. The van der Waals surface area contributed by atoms with Crippen molar-refractivity contribution in [3.05, 3.63) is 243 Å². The van der Waals surface area contributed by atoms with Gasteiger partial charge in [0.2, 0.25) is 0 Å². The Morgan fingerprint density at radius 3 is 1.46 bits per heavy atom. The van der Waals surface area contributed by atoms with E-state index in [9.17, 15) is 0 Å². The fourth-order valence-corrected chi connectivity index (χ4v) is 9.47. The largest absolute Gasteiger partial charge is 0.456 e. The molecule has 0 spiro atoms. The summed E-state index contributed by atoms with van der Waals surface area (Å²) in [6.45, 7) is 0. The highest BCUT2D eigenvalue weighted by Gasteiger charge is 2.20. The van der Waals surface area contributed by atoms with Gasteiger partial charge in [-0.2, -0.15) is 0 Å². The van der Waals surface area contributed by atoms with Gasteiger partial charge in [-0.25, -0.2) is 0 Å². The molecule has 10 aromatic carbocycles. The van der Waals surface area contributed by atoms with Gasteiger partial charge in [-0.15, -0.1) is 0 Å². The van der Waals surface area contributed by atoms with Crippen LogP contribution < -0.4 is 4.90 Å². The third kappa shape index (κ3) is 6.38. The van der Waals surface area contributed by atoms with Crippen LogP contribution in [-0.2, 0) is 0 Å². The fourth-order valence-electron chi connectivity index (χ4n) is 9.47. The van der Waals surface area contributed by atoms with Gasteiger partial charge in [-0.05, 0) is 112 Å². The van der Waals surface area contributed by atoms with E-state index < -0.39 is 0 Å². The molecule has 0 saturated carbocycles. The maximum Gasteiger partial charge on any atom is 0.136 e. The lowest BCUT2D eigenvalue weighted by Gasteiger charge is -2.28. The number of nitrogens with zero attached hydrogens (tertiary/aromatic N) is 2. The molecular weight excluding hydrogens is 765 g/mol. The number of hydrogen-bond donors (Lipinski definition) is 0. The van der Waals surface area contributed by atoms with Crippen molar-refractivity contribution in [3.8, 4) is 50.2 Å². The van der Waals surface area contributed by atoms with Crippen molar-refractivity contribution in [2.45, 2.75) is 0 Å². The standard InChI is InChI=1S/C60H40N2O/c1-3-16-41(17-4-1)45-38-46(40-49(39-45)62-56-26-12-8-21-52(56)53-22-9-13-27-57(53)62)42-30-34-47(35-31-42)61(55-25-11-7-20-50(55)43-18-5-2-6-19-43)48-36-32-44(33-37-48)51-24-15-29-59-60(51)54-23-10-14-28-58(54)63-59/h1-40H. The molecule has 3 heteroatoms. The molecule has 296 valence electrons. The molecule has 0 saturated heterocycles. The Kier molecular flexibility index (Phi) is 8.83. The topological polar surface area (TPSA) is 21.3 Å². The van der Waals surface area contributed by atoms with Gasteiger partial charge in [0.15, 0.2) is 0 Å². The van der Waals surface area contributed by atoms with Crippen LogP contribution in [0.2, 0.25) is 0 Å². The number of furan rings is 1. The summed E-state index contributed by atoms with van der Waals surface area (Å²) in [6.07, 6.45) is 0. The number of anilines is 3. The lowest BCUT2D eigenvalue weighted by atomic mass is 9.97. The van der Waals surface area contributed by atoms with Gasteiger partial charge in [0.1, 0.15) is 11.2 Å². The van der Waals surface area contributed by atoms with Gasteiger partial charge in [0, 0.05) is 44.2 Å². The second-order valence-electron chi connectivity index (χ2n) is 16.1. The van der Waals surface area contributed by atoms with E-state index in [1.165, 1.54) is 38.5 Å². The molecule has 0 radical (unpaired) electrons. The summed E-state index contributed by atoms with van der Waals surface area (Å²) < 4.78 is 8.68. The molecule has 3 nitrogen and oxygen atoms in total. The van der Waals surface area contributed by atoms with Crippen molar-refractivity contribution in [1.82, 2.24) is 4.57 Å². The van der Waals surface area contributed by atoms with Crippen LogP contribution in [0.25, 0.3) is 93.9 Å². The van der Waals surface area contributed by atoms with Crippen LogP contribution in [0.1, 0.15) is 0 Å². The van der Waals surface area contributed by atoms with Crippen LogP contribution in [0, 0.1) is 0 Å². The highest BCUT2D eigenvalue weighted by Crippen LogP contribution is 2.44. The van der Waals surface area contributed by atoms with Crippen molar-refractivity contribution in [2.75, 3.05) is 4.90 Å². The van der Waals surface area contributed by atoms with Gasteiger partial charge < -0.3 is 13.9 Å². The predicted molar refractivity (Wildman–Crippen MR) is 264 cm³/mol. The molecule has 2 aromatic heterocycles. The maximum atomic E-state index is 6.27. The summed E-state index contributed by atoms with van der Waals surface area (Å²) >= 11 is 0. The number of benzene rings is 10. The SMILES string of the molecule is c1ccc(-c2cc(-c3ccc(N(c4ccc(-c5cccc6oc7ccccc7c56)cc4)c4ccccc4-c4ccccc4)cc3)cc(-n3c4ccccc4c4ccccc43)c2)cc1. The van der Waals surface area contributed by atoms with Crippen LogP contribution >= 0.6 is 0 Å². The molecule has 0 atom stereocenters. The number of para-hydroxylation sites is 4. The third-order valence-electron chi connectivity index (χ3n) is 12.4. The first-order valence-corrected chi connectivity index (χ1v) is 21.5. The molecule has 12 aromatic rings. The van der Waals surface area contributed by atoms with E-state index in [0.717, 1.165) is 72.5 Å². The first kappa shape index (κ1) is 36.5. The van der Waals surface area contributed by atoms with E-state index >= 15 is 0 Å². The lowest BCUT2D eigenvalue weighted by molar-refractivity contribution is 0.669. The Labute approximate surface area is 366 Å². The zero-order valence-electron chi connectivity index (χ0n) is 34.4. The second kappa shape index (κ2) is 15.3. The molecule has 0 bridgehead atoms. The molecule has 0 N–H and O–H groups in total. The van der Waals surface area contributed by atoms with E-state index in [1.54, 1.807) is 0 Å². The van der Waals surface area contributed by atoms with Crippen molar-refractivity contribution in [2.24, 2.45) is 0 Å². The lowest BCUT2D eigenvalue weighted by Crippen LogP contribution is -2.11. The van der Waals surface area contributed by atoms with Crippen LogP contribution in [0.4, 0.5) is 17.1 Å². The van der Waals surface area contributed by atoms with E-state index in [4.69, 9.17) is 4.42 Å². The van der Waals surface area contributed by atoms with Crippen molar-refractivity contribution < 1.29 is 4.42 Å². The van der Waals surface area contributed by atoms with Gasteiger partial charge in [0.05, 0.1) is 16.7 Å². The number of aromatic nitrogens is 1. The van der Waals surface area contributed by atoms with Crippen molar-refractivity contribution in [1.29, 1.82) is 0 Å². The predicted octanol–water partition coefficient (Wildman–Crippen LogP) is 16.8. The van der Waals surface area contributed by atoms with Gasteiger partial charge in [-0.1, -0.05) is 170 Å². The van der Waals surface area contributed by atoms with Gasteiger partial charge in [0.25, 0.3) is 0 Å². The van der Waals surface area contributed by atoms with E-state index in [1.807, 2.05) is 12.1 Å². The molecule has 0 aliphatic heterocycles. The Hall–Kier alpha value is -8.40. The summed E-state index contributed by atoms with van der Waals surface area (Å²) in [6, 6.07) is 87.2. The quantitative estimate of drug-likeness (QED) is 0.153. The zero-order chi connectivity index (χ0) is 41.7. The minimum absolute atomic E-state index is 0.896. The smallest absolute Gasteiger partial charge is 0.136 e. The summed E-state index contributed by atoms with van der Waals surface area (Å²) in [4.78, 5) is 2.38. The van der Waals surface area contributed by atoms with Crippen LogP contribution in [0.5, 0.6) is 0 Å².